The SMILES string of the molecule is CC[C@H](C)n1ncn(-c2ccc(N3CCN(c4ccc(OC[C@@H]5CO[C@@](Cn6ccnc6)(c6ccc(Cl)cc6Cl)O5)cc4)CC3)c(F)c2)c1=O. The van der Waals surface area contributed by atoms with Crippen LogP contribution in [-0.2, 0) is 21.8 Å². The van der Waals surface area contributed by atoms with Gasteiger partial charge in [0, 0.05) is 60.9 Å². The molecular weight excluding hydrogens is 684 g/mol. The molecule has 11 nitrogen and oxygen atoms in total. The lowest BCUT2D eigenvalue weighted by molar-refractivity contribution is -0.189. The summed E-state index contributed by atoms with van der Waals surface area (Å²) in [6.07, 6.45) is 7.13. The third kappa shape index (κ3) is 6.98. The molecule has 2 fully saturated rings. The first-order valence-corrected chi connectivity index (χ1v) is 17.4. The molecule has 2 aliphatic rings. The average Bonchev–Trinajstić information content (AvgIpc) is 3.88. The molecule has 2 aromatic heterocycles. The van der Waals surface area contributed by atoms with E-state index < -0.39 is 5.79 Å². The molecule has 0 spiro atoms. The van der Waals surface area contributed by atoms with Crippen LogP contribution in [0.25, 0.3) is 5.69 Å². The Kier molecular flexibility index (Phi) is 9.87. The Morgan fingerprint density at radius 1 is 1.00 bits per heavy atom. The molecule has 3 aromatic carbocycles. The number of ether oxygens (including phenoxy) is 3. The van der Waals surface area contributed by atoms with E-state index in [-0.39, 0.29) is 30.3 Å². The summed E-state index contributed by atoms with van der Waals surface area (Å²) in [5.41, 5.74) is 2.44. The topological polar surface area (TPSA) is 91.8 Å². The molecule has 2 aliphatic heterocycles. The third-order valence-corrected chi connectivity index (χ3v) is 9.87. The van der Waals surface area contributed by atoms with Crippen molar-refractivity contribution in [3.63, 3.8) is 0 Å². The van der Waals surface area contributed by atoms with Crippen LogP contribution in [0.15, 0.2) is 90.5 Å². The van der Waals surface area contributed by atoms with E-state index in [1.54, 1.807) is 36.8 Å². The highest BCUT2D eigenvalue weighted by Gasteiger charge is 2.45. The predicted octanol–water partition coefficient (Wildman–Crippen LogP) is 6.32. The summed E-state index contributed by atoms with van der Waals surface area (Å²) in [5.74, 6) is -0.777. The average molecular weight is 723 g/mol. The van der Waals surface area contributed by atoms with Crippen molar-refractivity contribution in [1.82, 2.24) is 23.9 Å². The minimum absolute atomic E-state index is 0.0311. The number of rotatable bonds is 11. The summed E-state index contributed by atoms with van der Waals surface area (Å²) >= 11 is 12.8. The van der Waals surface area contributed by atoms with Gasteiger partial charge in [0.2, 0.25) is 5.79 Å². The highest BCUT2D eigenvalue weighted by atomic mass is 35.5. The number of halogens is 3. The molecular formula is C36H38Cl2FN7O4. The molecule has 4 heterocycles. The van der Waals surface area contributed by atoms with E-state index in [9.17, 15) is 4.79 Å². The molecule has 0 bridgehead atoms. The first-order valence-electron chi connectivity index (χ1n) is 16.6. The van der Waals surface area contributed by atoms with E-state index in [2.05, 4.69) is 15.0 Å². The molecule has 0 amide bonds. The molecule has 0 unspecified atom stereocenters. The summed E-state index contributed by atoms with van der Waals surface area (Å²) < 4.78 is 38.9. The van der Waals surface area contributed by atoms with E-state index in [0.29, 0.717) is 59.0 Å². The fourth-order valence-electron chi connectivity index (χ4n) is 6.39. The molecule has 2 saturated heterocycles. The van der Waals surface area contributed by atoms with Crippen LogP contribution in [0.1, 0.15) is 31.9 Å². The molecule has 7 rings (SSSR count). The van der Waals surface area contributed by atoms with Gasteiger partial charge >= 0.3 is 5.69 Å². The number of hydrogen-bond donors (Lipinski definition) is 0. The molecule has 0 saturated carbocycles. The maximum atomic E-state index is 15.3. The summed E-state index contributed by atoms with van der Waals surface area (Å²) in [7, 11) is 0. The summed E-state index contributed by atoms with van der Waals surface area (Å²) in [6, 6.07) is 18.1. The molecule has 0 radical (unpaired) electrons. The fourth-order valence-corrected chi connectivity index (χ4v) is 6.95. The molecule has 0 N–H and O–H groups in total. The van der Waals surface area contributed by atoms with Crippen LogP contribution >= 0.6 is 23.2 Å². The lowest BCUT2D eigenvalue weighted by Gasteiger charge is -2.37. The Hall–Kier alpha value is -4.36. The van der Waals surface area contributed by atoms with E-state index in [4.69, 9.17) is 37.4 Å². The zero-order valence-corrected chi connectivity index (χ0v) is 29.3. The van der Waals surface area contributed by atoms with Crippen molar-refractivity contribution in [2.24, 2.45) is 0 Å². The van der Waals surface area contributed by atoms with Crippen LogP contribution in [0.2, 0.25) is 10.0 Å². The second-order valence-electron chi connectivity index (χ2n) is 12.6. The number of hydrogen-bond acceptors (Lipinski definition) is 8. The van der Waals surface area contributed by atoms with Gasteiger partial charge in [-0.2, -0.15) is 5.10 Å². The van der Waals surface area contributed by atoms with Crippen LogP contribution in [0, 0.1) is 5.82 Å². The summed E-state index contributed by atoms with van der Waals surface area (Å²) in [5, 5.41) is 5.19. The van der Waals surface area contributed by atoms with Crippen LogP contribution in [0.5, 0.6) is 5.75 Å². The minimum Gasteiger partial charge on any atom is -0.491 e. The van der Waals surface area contributed by atoms with Gasteiger partial charge in [-0.1, -0.05) is 36.2 Å². The standard InChI is InChI=1S/C36H38Cl2FN7O4/c1-3-25(2)46-35(47)45(24-41-46)28-7-11-34(33(39)19-28)44-16-14-43(15-17-44)27-5-8-29(9-6-27)48-20-30-21-49-36(50-30,22-42-13-12-40-23-42)31-10-4-26(37)18-32(31)38/h4-13,18-19,23-25,30H,3,14-17,20-22H2,1-2H3/t25-,30+,36+/m0/s1. The maximum Gasteiger partial charge on any atom is 0.350 e. The zero-order valence-electron chi connectivity index (χ0n) is 27.8. The summed E-state index contributed by atoms with van der Waals surface area (Å²) in [4.78, 5) is 21.2. The highest BCUT2D eigenvalue weighted by Crippen LogP contribution is 2.40. The van der Waals surface area contributed by atoms with Crippen LogP contribution < -0.4 is 20.2 Å². The lowest BCUT2D eigenvalue weighted by Crippen LogP contribution is -2.46. The van der Waals surface area contributed by atoms with E-state index >= 15 is 4.39 Å². The predicted molar refractivity (Wildman–Crippen MR) is 190 cm³/mol. The Labute approximate surface area is 299 Å². The Morgan fingerprint density at radius 3 is 2.46 bits per heavy atom. The maximum absolute atomic E-state index is 15.3. The van der Waals surface area contributed by atoms with Crippen molar-refractivity contribution in [2.75, 3.05) is 49.2 Å². The molecule has 262 valence electrons. The normalized spacial score (nSPS) is 20.0. The van der Waals surface area contributed by atoms with E-state index in [0.717, 1.165) is 25.2 Å². The Balaban J connectivity index is 0.939. The third-order valence-electron chi connectivity index (χ3n) is 9.32. The fraction of sp³-hybridized carbons (Fsp3) is 0.361. The minimum atomic E-state index is -1.12. The Bertz CT molecular complexity index is 1980. The smallest absolute Gasteiger partial charge is 0.350 e. The van der Waals surface area contributed by atoms with E-state index in [1.807, 2.05) is 59.8 Å². The number of imidazole rings is 1. The second kappa shape index (κ2) is 14.5. The van der Waals surface area contributed by atoms with Crippen molar-refractivity contribution in [2.45, 2.75) is 44.7 Å². The van der Waals surface area contributed by atoms with Crippen LogP contribution in [0.3, 0.4) is 0 Å². The van der Waals surface area contributed by atoms with Crippen molar-refractivity contribution in [1.29, 1.82) is 0 Å². The largest absolute Gasteiger partial charge is 0.491 e. The van der Waals surface area contributed by atoms with Gasteiger partial charge in [0.15, 0.2) is 0 Å². The molecule has 0 aliphatic carbocycles. The number of piperazine rings is 1. The first-order chi connectivity index (χ1) is 24.2. The second-order valence-corrected chi connectivity index (χ2v) is 13.4. The van der Waals surface area contributed by atoms with Gasteiger partial charge < -0.3 is 28.6 Å². The molecule has 50 heavy (non-hydrogen) atoms. The van der Waals surface area contributed by atoms with E-state index in [1.165, 1.54) is 21.6 Å². The van der Waals surface area contributed by atoms with Gasteiger partial charge in [0.05, 0.1) is 41.9 Å². The van der Waals surface area contributed by atoms with Gasteiger partial charge in [-0.15, -0.1) is 0 Å². The van der Waals surface area contributed by atoms with Gasteiger partial charge in [-0.3, -0.25) is 0 Å². The molecule has 14 heteroatoms. The number of anilines is 2. The monoisotopic (exact) mass is 721 g/mol. The van der Waals surface area contributed by atoms with Crippen molar-refractivity contribution >= 4 is 34.6 Å². The number of benzene rings is 3. The zero-order chi connectivity index (χ0) is 34.8. The number of nitrogens with zero attached hydrogens (tertiary/aromatic N) is 7. The van der Waals surface area contributed by atoms with Gasteiger partial charge in [0.1, 0.15) is 30.6 Å². The van der Waals surface area contributed by atoms with Crippen molar-refractivity contribution < 1.29 is 18.6 Å². The summed E-state index contributed by atoms with van der Waals surface area (Å²) in [6.45, 7) is 7.64. The quantitative estimate of drug-likeness (QED) is 0.157. The molecule has 3 atom stereocenters. The van der Waals surface area contributed by atoms with Gasteiger partial charge in [-0.05, 0) is 61.9 Å². The van der Waals surface area contributed by atoms with Crippen LogP contribution in [-0.4, -0.2) is 69.4 Å². The van der Waals surface area contributed by atoms with Crippen molar-refractivity contribution in [3.05, 3.63) is 118 Å². The lowest BCUT2D eigenvalue weighted by atomic mass is 10.1. The van der Waals surface area contributed by atoms with Gasteiger partial charge in [0.25, 0.3) is 0 Å². The van der Waals surface area contributed by atoms with Crippen LogP contribution in [0.4, 0.5) is 15.8 Å². The highest BCUT2D eigenvalue weighted by molar-refractivity contribution is 6.35. The van der Waals surface area contributed by atoms with Crippen molar-refractivity contribution in [3.8, 4) is 11.4 Å². The Morgan fingerprint density at radius 2 is 1.76 bits per heavy atom. The van der Waals surface area contributed by atoms with Gasteiger partial charge in [-0.25, -0.2) is 23.4 Å². The number of aromatic nitrogens is 5. The first kappa shape index (κ1) is 34.1. The molecule has 5 aromatic rings.